The van der Waals surface area contributed by atoms with Crippen LogP contribution < -0.4 is 0 Å². The Labute approximate surface area is 120 Å². The number of rotatable bonds is 7. The third kappa shape index (κ3) is 4.22. The van der Waals surface area contributed by atoms with Crippen LogP contribution >= 0.6 is 21.8 Å². The van der Waals surface area contributed by atoms with Gasteiger partial charge in [0.25, 0.3) is 0 Å². The van der Waals surface area contributed by atoms with Crippen molar-refractivity contribution in [1.29, 1.82) is 0 Å². The zero-order chi connectivity index (χ0) is 13.6. The van der Waals surface area contributed by atoms with Crippen LogP contribution in [0.1, 0.15) is 46.1 Å². The number of quaternary nitrogens is 1. The Morgan fingerprint density at radius 3 is 2.17 bits per heavy atom. The molecule has 1 aromatic rings. The standard InChI is InChI=1S/C15H26NS2/c1-6-16(7-2,8-3)18-17-15-11-9-10-14(12-15)13(4)5/h9-13H,6-8H2,1-5H3/q+1. The van der Waals surface area contributed by atoms with E-state index < -0.39 is 0 Å². The smallest absolute Gasteiger partial charge is 0.152 e. The van der Waals surface area contributed by atoms with Crippen molar-refractivity contribution in [3.05, 3.63) is 29.8 Å². The first kappa shape index (κ1) is 15.9. The highest BCUT2D eigenvalue weighted by Gasteiger charge is 2.23. The van der Waals surface area contributed by atoms with Crippen molar-refractivity contribution in [3.8, 4) is 0 Å². The number of nitrogens with zero attached hydrogens (tertiary/aromatic N) is 1. The summed E-state index contributed by atoms with van der Waals surface area (Å²) in [6, 6.07) is 8.95. The Bertz CT molecular complexity index is 351. The molecular weight excluding hydrogens is 258 g/mol. The van der Waals surface area contributed by atoms with Gasteiger partial charge in [-0.1, -0.05) is 26.0 Å². The molecule has 0 heterocycles. The number of benzene rings is 1. The van der Waals surface area contributed by atoms with Crippen LogP contribution in [-0.4, -0.2) is 23.5 Å². The van der Waals surface area contributed by atoms with Crippen LogP contribution in [0.5, 0.6) is 0 Å². The third-order valence-electron chi connectivity index (χ3n) is 3.55. The fourth-order valence-corrected chi connectivity index (χ4v) is 4.75. The maximum absolute atomic E-state index is 2.33. The Kier molecular flexibility index (Phi) is 6.61. The lowest BCUT2D eigenvalue weighted by molar-refractivity contribution is -0.787. The van der Waals surface area contributed by atoms with Gasteiger partial charge >= 0.3 is 0 Å². The molecule has 0 saturated heterocycles. The van der Waals surface area contributed by atoms with E-state index in [-0.39, 0.29) is 0 Å². The fourth-order valence-electron chi connectivity index (χ4n) is 1.88. The molecular formula is C15H26NS2+. The molecule has 3 heteroatoms. The largest absolute Gasteiger partial charge is 0.252 e. The minimum atomic E-state index is 0.610. The Morgan fingerprint density at radius 1 is 1.06 bits per heavy atom. The van der Waals surface area contributed by atoms with Gasteiger partial charge in [-0.05, 0) is 44.4 Å². The highest BCUT2D eigenvalue weighted by atomic mass is 33.1. The Morgan fingerprint density at radius 2 is 1.67 bits per heavy atom. The fraction of sp³-hybridized carbons (Fsp3) is 0.600. The van der Waals surface area contributed by atoms with Gasteiger partial charge in [-0.15, -0.1) is 0 Å². The third-order valence-corrected chi connectivity index (χ3v) is 6.91. The van der Waals surface area contributed by atoms with E-state index >= 15 is 0 Å². The first-order chi connectivity index (χ1) is 8.56. The van der Waals surface area contributed by atoms with Crippen molar-refractivity contribution in [1.82, 2.24) is 0 Å². The highest BCUT2D eigenvalue weighted by Crippen LogP contribution is 2.39. The molecule has 0 amide bonds. The SMILES string of the molecule is CC[N+](CC)(CC)SSc1cccc(C(C)C)c1. The molecule has 0 bridgehead atoms. The Hall–Kier alpha value is -0.120. The maximum atomic E-state index is 2.33. The maximum Gasteiger partial charge on any atom is 0.152 e. The molecule has 0 atom stereocenters. The summed E-state index contributed by atoms with van der Waals surface area (Å²) in [6.07, 6.45) is 0. The molecule has 0 aromatic heterocycles. The molecule has 0 unspecified atom stereocenters. The monoisotopic (exact) mass is 284 g/mol. The molecule has 1 rings (SSSR count). The molecule has 1 aromatic carbocycles. The van der Waals surface area contributed by atoms with E-state index in [2.05, 4.69) is 58.9 Å². The minimum Gasteiger partial charge on any atom is -0.252 e. The summed E-state index contributed by atoms with van der Waals surface area (Å²) in [5.41, 5.74) is 1.43. The van der Waals surface area contributed by atoms with Crippen LogP contribution in [0.2, 0.25) is 0 Å². The number of hydrogen-bond donors (Lipinski definition) is 0. The zero-order valence-electron chi connectivity index (χ0n) is 12.3. The van der Waals surface area contributed by atoms with Crippen LogP contribution in [-0.2, 0) is 0 Å². The van der Waals surface area contributed by atoms with Gasteiger partial charge in [-0.2, -0.15) is 0 Å². The molecule has 0 radical (unpaired) electrons. The van der Waals surface area contributed by atoms with Crippen molar-refractivity contribution in [2.75, 3.05) is 19.6 Å². The van der Waals surface area contributed by atoms with E-state index in [0.29, 0.717) is 5.92 Å². The van der Waals surface area contributed by atoms with Crippen LogP contribution in [0.3, 0.4) is 0 Å². The van der Waals surface area contributed by atoms with Crippen LogP contribution in [0.15, 0.2) is 29.2 Å². The molecule has 0 saturated carbocycles. The lowest BCUT2D eigenvalue weighted by Gasteiger charge is -2.31. The average Bonchev–Trinajstić information content (AvgIpc) is 2.41. The van der Waals surface area contributed by atoms with E-state index in [9.17, 15) is 0 Å². The summed E-state index contributed by atoms with van der Waals surface area (Å²) in [6.45, 7) is 14.9. The summed E-state index contributed by atoms with van der Waals surface area (Å²) < 4.78 is 1.12. The second kappa shape index (κ2) is 7.46. The van der Waals surface area contributed by atoms with Gasteiger partial charge < -0.3 is 0 Å². The van der Waals surface area contributed by atoms with E-state index in [4.69, 9.17) is 0 Å². The minimum absolute atomic E-state index is 0.610. The summed E-state index contributed by atoms with van der Waals surface area (Å²) in [7, 11) is 3.92. The van der Waals surface area contributed by atoms with Crippen molar-refractivity contribution in [3.63, 3.8) is 0 Å². The molecule has 1 nitrogen and oxygen atoms in total. The normalized spacial score (nSPS) is 12.1. The van der Waals surface area contributed by atoms with Crippen LogP contribution in [0.4, 0.5) is 0 Å². The van der Waals surface area contributed by atoms with E-state index in [0.717, 1.165) is 3.89 Å². The quantitative estimate of drug-likeness (QED) is 0.376. The van der Waals surface area contributed by atoms with Gasteiger partial charge in [0.2, 0.25) is 0 Å². The molecule has 0 spiro atoms. The van der Waals surface area contributed by atoms with Crippen molar-refractivity contribution < 1.29 is 3.89 Å². The molecule has 0 aliphatic carbocycles. The lowest BCUT2D eigenvalue weighted by Crippen LogP contribution is -2.39. The highest BCUT2D eigenvalue weighted by molar-refractivity contribution is 8.74. The molecule has 0 aliphatic heterocycles. The lowest BCUT2D eigenvalue weighted by atomic mass is 10.0. The topological polar surface area (TPSA) is 0 Å². The molecule has 102 valence electrons. The summed E-state index contributed by atoms with van der Waals surface area (Å²) in [5.74, 6) is 0.610. The molecule has 0 aliphatic rings. The predicted molar refractivity (Wildman–Crippen MR) is 85.9 cm³/mol. The van der Waals surface area contributed by atoms with Crippen molar-refractivity contribution >= 4 is 21.8 Å². The van der Waals surface area contributed by atoms with Gasteiger partial charge in [0, 0.05) is 15.7 Å². The second-order valence-corrected chi connectivity index (χ2v) is 7.40. The first-order valence-corrected chi connectivity index (χ1v) is 8.99. The van der Waals surface area contributed by atoms with E-state index in [1.54, 1.807) is 0 Å². The predicted octanol–water partition coefficient (Wildman–Crippen LogP) is 5.34. The summed E-state index contributed by atoms with van der Waals surface area (Å²) in [5, 5.41) is 0. The van der Waals surface area contributed by atoms with Crippen LogP contribution in [0.25, 0.3) is 0 Å². The van der Waals surface area contributed by atoms with Crippen molar-refractivity contribution in [2.24, 2.45) is 0 Å². The van der Waals surface area contributed by atoms with Crippen LogP contribution in [0, 0.1) is 0 Å². The van der Waals surface area contributed by atoms with Crippen molar-refractivity contribution in [2.45, 2.75) is 45.4 Å². The summed E-state index contributed by atoms with van der Waals surface area (Å²) >= 11 is 0. The Balaban J connectivity index is 2.70. The second-order valence-electron chi connectivity index (χ2n) is 4.89. The van der Waals surface area contributed by atoms with Gasteiger partial charge in [0.05, 0.1) is 19.6 Å². The van der Waals surface area contributed by atoms with Gasteiger partial charge in [-0.25, -0.2) is 0 Å². The number of hydrogen-bond acceptors (Lipinski definition) is 2. The summed E-state index contributed by atoms with van der Waals surface area (Å²) in [4.78, 5) is 1.38. The first-order valence-electron chi connectivity index (χ1n) is 6.89. The molecule has 18 heavy (non-hydrogen) atoms. The van der Waals surface area contributed by atoms with E-state index in [1.807, 2.05) is 21.8 Å². The van der Waals surface area contributed by atoms with E-state index in [1.165, 1.54) is 30.1 Å². The van der Waals surface area contributed by atoms with Gasteiger partial charge in [0.1, 0.15) is 0 Å². The molecule has 0 N–H and O–H groups in total. The zero-order valence-corrected chi connectivity index (χ0v) is 13.9. The molecule has 0 fully saturated rings. The van der Waals surface area contributed by atoms with Gasteiger partial charge in [0.15, 0.2) is 11.0 Å². The van der Waals surface area contributed by atoms with Gasteiger partial charge in [-0.3, -0.25) is 3.89 Å². The average molecular weight is 285 g/mol.